The first-order chi connectivity index (χ1) is 7.50. The van der Waals surface area contributed by atoms with Crippen LogP contribution in [0.4, 0.5) is 4.79 Å². The predicted molar refractivity (Wildman–Crippen MR) is 62.2 cm³/mol. The number of rotatable bonds is 1. The van der Waals surface area contributed by atoms with Crippen molar-refractivity contribution in [2.45, 2.75) is 26.8 Å². The van der Waals surface area contributed by atoms with Crippen molar-refractivity contribution in [2.75, 3.05) is 6.61 Å². The summed E-state index contributed by atoms with van der Waals surface area (Å²) < 4.78 is 5.03. The van der Waals surface area contributed by atoms with Crippen LogP contribution in [0, 0.1) is 12.3 Å². The molecule has 0 spiro atoms. The van der Waals surface area contributed by atoms with E-state index in [2.05, 4.69) is 38.2 Å². The van der Waals surface area contributed by atoms with E-state index in [1.807, 2.05) is 12.1 Å². The van der Waals surface area contributed by atoms with E-state index in [0.29, 0.717) is 6.61 Å². The molecule has 3 nitrogen and oxygen atoms in total. The molecule has 0 unspecified atom stereocenters. The first kappa shape index (κ1) is 11.0. The monoisotopic (exact) mass is 219 g/mol. The SMILES string of the molecule is Cc1ccccc1[C@H]1NC(=O)OCC1(C)C. The molecule has 1 aromatic rings. The quantitative estimate of drug-likeness (QED) is 0.788. The van der Waals surface area contributed by atoms with Crippen molar-refractivity contribution < 1.29 is 9.53 Å². The maximum atomic E-state index is 11.3. The van der Waals surface area contributed by atoms with Crippen LogP contribution in [0.1, 0.15) is 31.0 Å². The standard InChI is InChI=1S/C13H17NO2/c1-9-6-4-5-7-10(9)11-13(2,3)8-16-12(15)14-11/h4-7,11H,8H2,1-3H3,(H,14,15)/t11-/m1/s1. The summed E-state index contributed by atoms with van der Waals surface area (Å²) in [5, 5.41) is 2.90. The number of hydrogen-bond donors (Lipinski definition) is 1. The second kappa shape index (κ2) is 3.81. The summed E-state index contributed by atoms with van der Waals surface area (Å²) in [5.41, 5.74) is 2.28. The number of alkyl carbamates (subject to hydrolysis) is 1. The van der Waals surface area contributed by atoms with Crippen molar-refractivity contribution in [3.63, 3.8) is 0 Å². The highest BCUT2D eigenvalue weighted by molar-refractivity contribution is 5.69. The number of nitrogens with one attached hydrogen (secondary N) is 1. The summed E-state index contributed by atoms with van der Waals surface area (Å²) in [7, 11) is 0. The lowest BCUT2D eigenvalue weighted by molar-refractivity contribution is 0.0386. The molecule has 1 fully saturated rings. The van der Waals surface area contributed by atoms with E-state index in [-0.39, 0.29) is 17.6 Å². The van der Waals surface area contributed by atoms with E-state index in [0.717, 1.165) is 0 Å². The Morgan fingerprint density at radius 3 is 2.75 bits per heavy atom. The van der Waals surface area contributed by atoms with Crippen molar-refractivity contribution in [2.24, 2.45) is 5.41 Å². The molecule has 1 aliphatic rings. The van der Waals surface area contributed by atoms with Crippen molar-refractivity contribution >= 4 is 6.09 Å². The molecule has 1 N–H and O–H groups in total. The molecule has 1 amide bonds. The van der Waals surface area contributed by atoms with E-state index in [1.165, 1.54) is 11.1 Å². The number of hydrogen-bond acceptors (Lipinski definition) is 2. The number of cyclic esters (lactones) is 1. The van der Waals surface area contributed by atoms with Gasteiger partial charge in [-0.3, -0.25) is 0 Å². The zero-order chi connectivity index (χ0) is 11.8. The van der Waals surface area contributed by atoms with E-state index in [4.69, 9.17) is 4.74 Å². The average molecular weight is 219 g/mol. The smallest absolute Gasteiger partial charge is 0.407 e. The number of carbonyl (C=O) groups is 1. The highest BCUT2D eigenvalue weighted by atomic mass is 16.6. The fourth-order valence-corrected chi connectivity index (χ4v) is 2.10. The van der Waals surface area contributed by atoms with E-state index >= 15 is 0 Å². The van der Waals surface area contributed by atoms with Crippen LogP contribution in [0.15, 0.2) is 24.3 Å². The molecule has 1 aromatic carbocycles. The van der Waals surface area contributed by atoms with Crippen LogP contribution in [-0.2, 0) is 4.74 Å². The third-order valence-corrected chi connectivity index (χ3v) is 3.12. The second-order valence-electron chi connectivity index (χ2n) is 5.00. The van der Waals surface area contributed by atoms with Gasteiger partial charge in [-0.2, -0.15) is 0 Å². The topological polar surface area (TPSA) is 38.3 Å². The molecule has 2 rings (SSSR count). The third-order valence-electron chi connectivity index (χ3n) is 3.12. The van der Waals surface area contributed by atoms with Crippen molar-refractivity contribution in [3.05, 3.63) is 35.4 Å². The predicted octanol–water partition coefficient (Wildman–Crippen LogP) is 2.80. The van der Waals surface area contributed by atoms with Gasteiger partial charge in [-0.05, 0) is 18.1 Å². The van der Waals surface area contributed by atoms with Gasteiger partial charge in [-0.1, -0.05) is 38.1 Å². The van der Waals surface area contributed by atoms with Gasteiger partial charge >= 0.3 is 6.09 Å². The van der Waals surface area contributed by atoms with Crippen LogP contribution >= 0.6 is 0 Å². The first-order valence-corrected chi connectivity index (χ1v) is 5.49. The Kier molecular flexibility index (Phi) is 2.62. The summed E-state index contributed by atoms with van der Waals surface area (Å²) in [6.07, 6.45) is -0.326. The molecule has 86 valence electrons. The molecule has 1 atom stereocenters. The van der Waals surface area contributed by atoms with Crippen LogP contribution in [0.5, 0.6) is 0 Å². The molecule has 0 saturated carbocycles. The number of ether oxygens (including phenoxy) is 1. The average Bonchev–Trinajstić information content (AvgIpc) is 2.23. The van der Waals surface area contributed by atoms with Gasteiger partial charge in [-0.15, -0.1) is 0 Å². The summed E-state index contributed by atoms with van der Waals surface area (Å²) in [6.45, 7) is 6.72. The Morgan fingerprint density at radius 2 is 2.06 bits per heavy atom. The molecule has 0 bridgehead atoms. The van der Waals surface area contributed by atoms with Gasteiger partial charge in [0.15, 0.2) is 0 Å². The fourth-order valence-electron chi connectivity index (χ4n) is 2.10. The maximum absolute atomic E-state index is 11.3. The van der Waals surface area contributed by atoms with Gasteiger partial charge in [-0.25, -0.2) is 4.79 Å². The van der Waals surface area contributed by atoms with Gasteiger partial charge in [0.25, 0.3) is 0 Å². The number of carbonyl (C=O) groups excluding carboxylic acids is 1. The fraction of sp³-hybridized carbons (Fsp3) is 0.462. The first-order valence-electron chi connectivity index (χ1n) is 5.49. The summed E-state index contributed by atoms with van der Waals surface area (Å²) in [6, 6.07) is 8.16. The summed E-state index contributed by atoms with van der Waals surface area (Å²) in [4.78, 5) is 11.3. The largest absolute Gasteiger partial charge is 0.449 e. The van der Waals surface area contributed by atoms with Crippen LogP contribution < -0.4 is 5.32 Å². The molecule has 1 aliphatic heterocycles. The molecule has 16 heavy (non-hydrogen) atoms. The van der Waals surface area contributed by atoms with Crippen LogP contribution in [0.3, 0.4) is 0 Å². The van der Waals surface area contributed by atoms with E-state index in [9.17, 15) is 4.79 Å². The molecule has 0 radical (unpaired) electrons. The third kappa shape index (κ3) is 1.90. The lowest BCUT2D eigenvalue weighted by Crippen LogP contribution is -2.47. The molecule has 1 saturated heterocycles. The van der Waals surface area contributed by atoms with Crippen molar-refractivity contribution in [1.29, 1.82) is 0 Å². The summed E-state index contributed by atoms with van der Waals surface area (Å²) >= 11 is 0. The Balaban J connectivity index is 2.38. The van der Waals surface area contributed by atoms with E-state index in [1.54, 1.807) is 0 Å². The second-order valence-corrected chi connectivity index (χ2v) is 5.00. The Labute approximate surface area is 95.8 Å². The van der Waals surface area contributed by atoms with Gasteiger partial charge in [0.1, 0.15) is 6.61 Å². The van der Waals surface area contributed by atoms with Gasteiger partial charge in [0, 0.05) is 5.41 Å². The molecule has 0 aromatic heterocycles. The molecular weight excluding hydrogens is 202 g/mol. The molecule has 1 heterocycles. The lowest BCUT2D eigenvalue weighted by Gasteiger charge is -2.39. The normalized spacial score (nSPS) is 23.4. The van der Waals surface area contributed by atoms with Gasteiger partial charge in [0.05, 0.1) is 6.04 Å². The Hall–Kier alpha value is -1.51. The maximum Gasteiger partial charge on any atom is 0.407 e. The highest BCUT2D eigenvalue weighted by Gasteiger charge is 2.38. The van der Waals surface area contributed by atoms with Gasteiger partial charge in [0.2, 0.25) is 0 Å². The van der Waals surface area contributed by atoms with Gasteiger partial charge < -0.3 is 10.1 Å². The molecule has 3 heteroatoms. The zero-order valence-corrected chi connectivity index (χ0v) is 9.91. The number of aryl methyl sites for hydroxylation is 1. The number of amides is 1. The minimum absolute atomic E-state index is 0.0231. The molecule has 0 aliphatic carbocycles. The summed E-state index contributed by atoms with van der Waals surface area (Å²) in [5.74, 6) is 0. The molecular formula is C13H17NO2. The van der Waals surface area contributed by atoms with Crippen LogP contribution in [0.25, 0.3) is 0 Å². The minimum Gasteiger partial charge on any atom is -0.449 e. The number of benzene rings is 1. The van der Waals surface area contributed by atoms with E-state index < -0.39 is 0 Å². The highest BCUT2D eigenvalue weighted by Crippen LogP contribution is 2.37. The van der Waals surface area contributed by atoms with Crippen molar-refractivity contribution in [1.82, 2.24) is 5.32 Å². The van der Waals surface area contributed by atoms with Crippen molar-refractivity contribution in [3.8, 4) is 0 Å². The Morgan fingerprint density at radius 1 is 1.38 bits per heavy atom. The minimum atomic E-state index is -0.326. The van der Waals surface area contributed by atoms with Crippen LogP contribution in [0.2, 0.25) is 0 Å². The Bertz CT molecular complexity index is 412. The zero-order valence-electron chi connectivity index (χ0n) is 9.91. The lowest BCUT2D eigenvalue weighted by atomic mass is 9.79. The van der Waals surface area contributed by atoms with Crippen LogP contribution in [-0.4, -0.2) is 12.7 Å².